The number of pyridine rings is 1. The normalized spacial score (nSPS) is 22.9. The molecule has 32 heavy (non-hydrogen) atoms. The van der Waals surface area contributed by atoms with Crippen molar-refractivity contribution in [3.8, 4) is 5.69 Å². The predicted octanol–water partition coefficient (Wildman–Crippen LogP) is 6.10. The van der Waals surface area contributed by atoms with Crippen LogP contribution in [-0.4, -0.2) is 31.4 Å². The Morgan fingerprint density at radius 2 is 1.81 bits per heavy atom. The second kappa shape index (κ2) is 7.69. The van der Waals surface area contributed by atoms with Gasteiger partial charge < -0.3 is 9.47 Å². The third-order valence-electron chi connectivity index (χ3n) is 6.12. The Balaban J connectivity index is 1.65. The molecular formula is C24H23F3N4S. The zero-order valence-corrected chi connectivity index (χ0v) is 18.8. The van der Waals surface area contributed by atoms with E-state index in [4.69, 9.17) is 4.99 Å². The van der Waals surface area contributed by atoms with E-state index in [1.54, 1.807) is 28.6 Å². The Kier molecular flexibility index (Phi) is 5.08. The van der Waals surface area contributed by atoms with Crippen molar-refractivity contribution >= 4 is 16.9 Å². The van der Waals surface area contributed by atoms with Crippen LogP contribution in [0.5, 0.6) is 0 Å². The number of para-hydroxylation sites is 1. The molecule has 3 atom stereocenters. The third kappa shape index (κ3) is 3.41. The predicted molar refractivity (Wildman–Crippen MR) is 121 cm³/mol. The maximum absolute atomic E-state index is 13.8. The van der Waals surface area contributed by atoms with Gasteiger partial charge in [-0.3, -0.25) is 9.98 Å². The standard InChI is InChI=1S/C24H23F3N4S/c1-14-12-17(16(3)31(14)20-10-5-4-8-18(20)24(25,26)27)22-21(19-9-6-7-11-28-19)29-23-30(22)13-15(2)32-23/h4-12,15,21-22H,13H2,1-3H3/t15-,21-,22+/m0/s1. The number of amidine groups is 1. The van der Waals surface area contributed by atoms with Crippen LogP contribution in [0.4, 0.5) is 13.2 Å². The maximum Gasteiger partial charge on any atom is 0.418 e. The van der Waals surface area contributed by atoms with Gasteiger partial charge in [-0.05, 0) is 49.7 Å². The number of aromatic nitrogens is 2. The summed E-state index contributed by atoms with van der Waals surface area (Å²) < 4.78 is 43.0. The van der Waals surface area contributed by atoms with E-state index >= 15 is 0 Å². The largest absolute Gasteiger partial charge is 0.418 e. The van der Waals surface area contributed by atoms with Gasteiger partial charge in [0, 0.05) is 29.4 Å². The molecule has 0 radical (unpaired) electrons. The minimum atomic E-state index is -4.43. The van der Waals surface area contributed by atoms with Crippen molar-refractivity contribution in [2.75, 3.05) is 6.54 Å². The van der Waals surface area contributed by atoms with E-state index in [9.17, 15) is 13.2 Å². The molecule has 2 aromatic heterocycles. The van der Waals surface area contributed by atoms with Crippen molar-refractivity contribution in [2.45, 2.75) is 44.3 Å². The van der Waals surface area contributed by atoms with Crippen LogP contribution < -0.4 is 0 Å². The van der Waals surface area contributed by atoms with Crippen molar-refractivity contribution in [1.82, 2.24) is 14.5 Å². The van der Waals surface area contributed by atoms with E-state index in [0.717, 1.165) is 40.4 Å². The monoisotopic (exact) mass is 456 g/mol. The lowest BCUT2D eigenvalue weighted by Crippen LogP contribution is -2.29. The first-order valence-corrected chi connectivity index (χ1v) is 11.4. The van der Waals surface area contributed by atoms with E-state index in [1.807, 2.05) is 38.1 Å². The van der Waals surface area contributed by atoms with Gasteiger partial charge in [0.2, 0.25) is 0 Å². The fourth-order valence-corrected chi connectivity index (χ4v) is 5.91. The van der Waals surface area contributed by atoms with E-state index < -0.39 is 11.7 Å². The van der Waals surface area contributed by atoms with Crippen molar-refractivity contribution in [2.24, 2.45) is 4.99 Å². The summed E-state index contributed by atoms with van der Waals surface area (Å²) in [6.45, 7) is 6.77. The van der Waals surface area contributed by atoms with Crippen molar-refractivity contribution in [1.29, 1.82) is 0 Å². The lowest BCUT2D eigenvalue weighted by atomic mass is 9.96. The number of halogens is 3. The molecule has 166 valence electrons. The van der Waals surface area contributed by atoms with Gasteiger partial charge in [0.1, 0.15) is 6.04 Å². The summed E-state index contributed by atoms with van der Waals surface area (Å²) >= 11 is 1.74. The van der Waals surface area contributed by atoms with E-state index in [1.165, 1.54) is 12.1 Å². The quantitative estimate of drug-likeness (QED) is 0.478. The lowest BCUT2D eigenvalue weighted by Gasteiger charge is -2.27. The molecule has 5 rings (SSSR count). The van der Waals surface area contributed by atoms with Gasteiger partial charge in [-0.1, -0.05) is 36.9 Å². The van der Waals surface area contributed by atoms with Crippen LogP contribution in [0.2, 0.25) is 0 Å². The summed E-state index contributed by atoms with van der Waals surface area (Å²) in [6, 6.07) is 13.3. The highest BCUT2D eigenvalue weighted by atomic mass is 32.2. The molecule has 0 bridgehead atoms. The Hall–Kier alpha value is -2.74. The topological polar surface area (TPSA) is 33.4 Å². The second-order valence-corrected chi connectivity index (χ2v) is 9.72. The van der Waals surface area contributed by atoms with Crippen molar-refractivity contribution < 1.29 is 13.2 Å². The summed E-state index contributed by atoms with van der Waals surface area (Å²) in [6.07, 6.45) is -2.67. The number of aliphatic imine (C=N–C) groups is 1. The van der Waals surface area contributed by atoms with Crippen molar-refractivity contribution in [3.63, 3.8) is 0 Å². The van der Waals surface area contributed by atoms with Crippen LogP contribution in [0.25, 0.3) is 5.69 Å². The number of hydrogen-bond acceptors (Lipinski definition) is 4. The zero-order valence-electron chi connectivity index (χ0n) is 18.0. The van der Waals surface area contributed by atoms with Gasteiger partial charge in [0.05, 0.1) is 23.0 Å². The number of nitrogens with zero attached hydrogens (tertiary/aromatic N) is 4. The number of benzene rings is 1. The molecule has 2 aliphatic rings. The molecule has 1 fully saturated rings. The first-order valence-electron chi connectivity index (χ1n) is 10.5. The molecule has 0 N–H and O–H groups in total. The molecular weight excluding hydrogens is 433 g/mol. The molecule has 4 nitrogen and oxygen atoms in total. The molecule has 4 heterocycles. The van der Waals surface area contributed by atoms with Gasteiger partial charge >= 0.3 is 6.18 Å². The number of fused-ring (bicyclic) bond motifs is 1. The molecule has 1 saturated heterocycles. The highest BCUT2D eigenvalue weighted by Gasteiger charge is 2.45. The fraction of sp³-hybridized carbons (Fsp3) is 0.333. The molecule has 8 heteroatoms. The SMILES string of the molecule is Cc1cc([C@@H]2[C@H](c3ccccn3)N=C3S[C@@H](C)CN32)c(C)n1-c1ccccc1C(F)(F)F. The summed E-state index contributed by atoms with van der Waals surface area (Å²) in [5.74, 6) is 0. The smallest absolute Gasteiger partial charge is 0.341 e. The summed E-state index contributed by atoms with van der Waals surface area (Å²) in [7, 11) is 0. The first-order chi connectivity index (χ1) is 15.3. The van der Waals surface area contributed by atoms with Crippen LogP contribution >= 0.6 is 11.8 Å². The Labute approximate surface area is 189 Å². The first kappa shape index (κ1) is 21.1. The lowest BCUT2D eigenvalue weighted by molar-refractivity contribution is -0.137. The number of alkyl halides is 3. The summed E-state index contributed by atoms with van der Waals surface area (Å²) in [5.41, 5.74) is 2.94. The highest BCUT2D eigenvalue weighted by molar-refractivity contribution is 8.14. The van der Waals surface area contributed by atoms with E-state index in [0.29, 0.717) is 5.25 Å². The maximum atomic E-state index is 13.8. The number of rotatable bonds is 3. The Morgan fingerprint density at radius 3 is 2.53 bits per heavy atom. The average Bonchev–Trinajstić information content (AvgIpc) is 3.37. The fourth-order valence-electron chi connectivity index (χ4n) is 4.82. The van der Waals surface area contributed by atoms with E-state index in [-0.39, 0.29) is 17.8 Å². The van der Waals surface area contributed by atoms with Gasteiger partial charge in [-0.25, -0.2) is 0 Å². The molecule has 0 spiro atoms. The molecule has 0 aliphatic carbocycles. The molecule has 1 aromatic carbocycles. The van der Waals surface area contributed by atoms with Crippen LogP contribution in [0.1, 0.15) is 47.2 Å². The van der Waals surface area contributed by atoms with Crippen LogP contribution in [-0.2, 0) is 6.18 Å². The minimum Gasteiger partial charge on any atom is -0.341 e. The molecule has 0 amide bonds. The van der Waals surface area contributed by atoms with Crippen LogP contribution in [0, 0.1) is 13.8 Å². The van der Waals surface area contributed by atoms with Gasteiger partial charge in [0.15, 0.2) is 5.17 Å². The zero-order chi connectivity index (χ0) is 22.6. The number of hydrogen-bond donors (Lipinski definition) is 0. The Bertz CT molecular complexity index is 1190. The number of thioether (sulfide) groups is 1. The highest BCUT2D eigenvalue weighted by Crippen LogP contribution is 2.49. The third-order valence-corrected chi connectivity index (χ3v) is 7.22. The minimum absolute atomic E-state index is 0.102. The summed E-state index contributed by atoms with van der Waals surface area (Å²) in [4.78, 5) is 11.8. The molecule has 0 unspecified atom stereocenters. The number of aryl methyl sites for hydroxylation is 1. The molecule has 2 aliphatic heterocycles. The van der Waals surface area contributed by atoms with Crippen LogP contribution in [0.15, 0.2) is 59.7 Å². The second-order valence-electron chi connectivity index (χ2n) is 8.31. The van der Waals surface area contributed by atoms with Gasteiger partial charge in [-0.15, -0.1) is 0 Å². The van der Waals surface area contributed by atoms with Gasteiger partial charge in [0.25, 0.3) is 0 Å². The summed E-state index contributed by atoms with van der Waals surface area (Å²) in [5, 5.41) is 1.40. The van der Waals surface area contributed by atoms with Gasteiger partial charge in [-0.2, -0.15) is 13.2 Å². The Morgan fingerprint density at radius 1 is 1.06 bits per heavy atom. The molecule has 0 saturated carbocycles. The molecule has 3 aromatic rings. The van der Waals surface area contributed by atoms with E-state index in [2.05, 4.69) is 16.8 Å². The average molecular weight is 457 g/mol. The van der Waals surface area contributed by atoms with Crippen molar-refractivity contribution in [3.05, 3.63) is 82.9 Å². The van der Waals surface area contributed by atoms with Crippen LogP contribution in [0.3, 0.4) is 0 Å².